The summed E-state index contributed by atoms with van der Waals surface area (Å²) in [5, 5.41) is 11.8. The number of hydrogen-bond acceptors (Lipinski definition) is 2. The fourth-order valence-electron chi connectivity index (χ4n) is 1.28. The third kappa shape index (κ3) is 2.26. The molecule has 0 radical (unpaired) electrons. The molecule has 0 unspecified atom stereocenters. The van der Waals surface area contributed by atoms with Gasteiger partial charge in [-0.1, -0.05) is 17.7 Å². The van der Waals surface area contributed by atoms with Crippen molar-refractivity contribution >= 4 is 0 Å². The van der Waals surface area contributed by atoms with Crippen molar-refractivity contribution in [3.8, 4) is 0 Å². The lowest BCUT2D eigenvalue weighted by Crippen LogP contribution is -2.21. The monoisotopic (exact) mass is 183 g/mol. The first-order valence-corrected chi connectivity index (χ1v) is 4.23. The lowest BCUT2D eigenvalue weighted by Gasteiger charge is -2.14. The molecule has 72 valence electrons. The van der Waals surface area contributed by atoms with Gasteiger partial charge in [0.05, 0.1) is 12.6 Å². The van der Waals surface area contributed by atoms with Crippen molar-refractivity contribution in [3.63, 3.8) is 0 Å². The molecule has 0 aliphatic carbocycles. The number of rotatable bonds is 3. The molecule has 0 heterocycles. The number of hydrogen-bond donors (Lipinski definition) is 2. The van der Waals surface area contributed by atoms with Gasteiger partial charge in [0, 0.05) is 5.56 Å². The van der Waals surface area contributed by atoms with E-state index in [9.17, 15) is 4.39 Å². The van der Waals surface area contributed by atoms with Gasteiger partial charge in [0.1, 0.15) is 5.82 Å². The van der Waals surface area contributed by atoms with E-state index in [0.29, 0.717) is 5.56 Å². The van der Waals surface area contributed by atoms with Gasteiger partial charge < -0.3 is 10.4 Å². The third-order valence-electron chi connectivity index (χ3n) is 2.06. The largest absolute Gasteiger partial charge is 0.394 e. The second-order valence-corrected chi connectivity index (χ2v) is 3.05. The highest BCUT2D eigenvalue weighted by atomic mass is 19.1. The van der Waals surface area contributed by atoms with Crippen LogP contribution in [0.4, 0.5) is 4.39 Å². The Morgan fingerprint density at radius 1 is 1.54 bits per heavy atom. The summed E-state index contributed by atoms with van der Waals surface area (Å²) in [5.41, 5.74) is 1.51. The van der Waals surface area contributed by atoms with Crippen LogP contribution < -0.4 is 5.32 Å². The molecule has 3 heteroatoms. The SMILES string of the molecule is CN[C@@H](CO)c1cc(C)ccc1F. The number of nitrogens with one attached hydrogen (secondary N) is 1. The molecule has 0 spiro atoms. The minimum atomic E-state index is -0.320. The van der Waals surface area contributed by atoms with Gasteiger partial charge in [0.15, 0.2) is 0 Å². The van der Waals surface area contributed by atoms with Gasteiger partial charge in [-0.05, 0) is 20.0 Å². The summed E-state index contributed by atoms with van der Waals surface area (Å²) in [4.78, 5) is 0. The summed E-state index contributed by atoms with van der Waals surface area (Å²) >= 11 is 0. The van der Waals surface area contributed by atoms with Crippen LogP contribution in [0.25, 0.3) is 0 Å². The summed E-state index contributed by atoms with van der Waals surface area (Å²) in [6.45, 7) is 1.80. The first kappa shape index (κ1) is 10.2. The van der Waals surface area contributed by atoms with E-state index < -0.39 is 0 Å². The Kier molecular flexibility index (Phi) is 3.39. The van der Waals surface area contributed by atoms with Gasteiger partial charge in [-0.25, -0.2) is 4.39 Å². The topological polar surface area (TPSA) is 32.3 Å². The molecule has 0 aliphatic heterocycles. The van der Waals surface area contributed by atoms with Gasteiger partial charge in [0.25, 0.3) is 0 Å². The normalized spacial score (nSPS) is 12.9. The summed E-state index contributed by atoms with van der Waals surface area (Å²) < 4.78 is 13.2. The molecular formula is C10H14FNO. The summed E-state index contributed by atoms with van der Waals surface area (Å²) in [6, 6.07) is 4.56. The standard InChI is InChI=1S/C10H14FNO/c1-7-3-4-9(11)8(5-7)10(6-13)12-2/h3-5,10,12-13H,6H2,1-2H3/t10-/m0/s1. The molecule has 1 atom stereocenters. The minimum Gasteiger partial charge on any atom is -0.394 e. The fraction of sp³-hybridized carbons (Fsp3) is 0.400. The van der Waals surface area contributed by atoms with Crippen LogP contribution in [0.5, 0.6) is 0 Å². The van der Waals surface area contributed by atoms with Crippen LogP contribution in [0.2, 0.25) is 0 Å². The highest BCUT2D eigenvalue weighted by Crippen LogP contribution is 2.17. The predicted octanol–water partition coefficient (Wildman–Crippen LogP) is 1.39. The van der Waals surface area contributed by atoms with E-state index in [1.807, 2.05) is 6.92 Å². The number of benzene rings is 1. The molecule has 13 heavy (non-hydrogen) atoms. The van der Waals surface area contributed by atoms with Crippen LogP contribution in [-0.2, 0) is 0 Å². The van der Waals surface area contributed by atoms with Crippen LogP contribution in [0.1, 0.15) is 17.2 Å². The molecule has 2 N–H and O–H groups in total. The smallest absolute Gasteiger partial charge is 0.128 e. The molecular weight excluding hydrogens is 169 g/mol. The molecule has 0 saturated heterocycles. The summed E-state index contributed by atoms with van der Waals surface area (Å²) in [5.74, 6) is -0.279. The van der Waals surface area contributed by atoms with Crippen LogP contribution in [0, 0.1) is 12.7 Å². The van der Waals surface area contributed by atoms with E-state index in [0.717, 1.165) is 5.56 Å². The predicted molar refractivity (Wildman–Crippen MR) is 50.0 cm³/mol. The van der Waals surface area contributed by atoms with Crippen LogP contribution in [0.3, 0.4) is 0 Å². The highest BCUT2D eigenvalue weighted by molar-refractivity contribution is 5.26. The number of aliphatic hydroxyl groups is 1. The van der Waals surface area contributed by atoms with Gasteiger partial charge in [-0.3, -0.25) is 0 Å². The van der Waals surface area contributed by atoms with Crippen molar-refractivity contribution in [2.24, 2.45) is 0 Å². The first-order valence-electron chi connectivity index (χ1n) is 4.23. The van der Waals surface area contributed by atoms with Crippen LogP contribution in [-0.4, -0.2) is 18.8 Å². The molecule has 1 rings (SSSR count). The van der Waals surface area contributed by atoms with Crippen molar-refractivity contribution in [2.45, 2.75) is 13.0 Å². The van der Waals surface area contributed by atoms with Crippen molar-refractivity contribution < 1.29 is 9.50 Å². The maximum absolute atomic E-state index is 13.2. The summed E-state index contributed by atoms with van der Waals surface area (Å²) in [6.07, 6.45) is 0. The molecule has 0 aromatic heterocycles. The average molecular weight is 183 g/mol. The molecule has 1 aromatic rings. The Balaban J connectivity index is 3.03. The average Bonchev–Trinajstić information content (AvgIpc) is 2.13. The lowest BCUT2D eigenvalue weighted by molar-refractivity contribution is 0.248. The van der Waals surface area contributed by atoms with E-state index in [4.69, 9.17) is 5.11 Å². The van der Waals surface area contributed by atoms with Crippen LogP contribution in [0.15, 0.2) is 18.2 Å². The van der Waals surface area contributed by atoms with E-state index in [-0.39, 0.29) is 18.5 Å². The Bertz CT molecular complexity index is 284. The highest BCUT2D eigenvalue weighted by Gasteiger charge is 2.12. The Morgan fingerprint density at radius 3 is 2.77 bits per heavy atom. The third-order valence-corrected chi connectivity index (χ3v) is 2.06. The Labute approximate surface area is 77.4 Å². The second kappa shape index (κ2) is 4.35. The maximum atomic E-state index is 13.2. The van der Waals surface area contributed by atoms with E-state index in [2.05, 4.69) is 5.32 Å². The molecule has 1 aromatic carbocycles. The van der Waals surface area contributed by atoms with E-state index in [1.54, 1.807) is 19.2 Å². The van der Waals surface area contributed by atoms with Crippen LogP contribution >= 0.6 is 0 Å². The van der Waals surface area contributed by atoms with Crippen molar-refractivity contribution in [1.29, 1.82) is 0 Å². The lowest BCUT2D eigenvalue weighted by atomic mass is 10.0. The molecule has 0 amide bonds. The fourth-order valence-corrected chi connectivity index (χ4v) is 1.28. The zero-order chi connectivity index (χ0) is 9.84. The number of halogens is 1. The first-order chi connectivity index (χ1) is 6.19. The van der Waals surface area contributed by atoms with Gasteiger partial charge in [0.2, 0.25) is 0 Å². The molecule has 0 fully saturated rings. The van der Waals surface area contributed by atoms with Crippen molar-refractivity contribution in [1.82, 2.24) is 5.32 Å². The number of likely N-dealkylation sites (N-methyl/N-ethyl adjacent to an activating group) is 1. The van der Waals surface area contributed by atoms with Gasteiger partial charge in [-0.15, -0.1) is 0 Å². The number of aryl methyl sites for hydroxylation is 1. The van der Waals surface area contributed by atoms with Gasteiger partial charge in [-0.2, -0.15) is 0 Å². The zero-order valence-electron chi connectivity index (χ0n) is 7.84. The summed E-state index contributed by atoms with van der Waals surface area (Å²) in [7, 11) is 1.70. The van der Waals surface area contributed by atoms with Crippen molar-refractivity contribution in [3.05, 3.63) is 35.1 Å². The van der Waals surface area contributed by atoms with Crippen molar-refractivity contribution in [2.75, 3.05) is 13.7 Å². The Morgan fingerprint density at radius 2 is 2.23 bits per heavy atom. The Hall–Kier alpha value is -0.930. The zero-order valence-corrected chi connectivity index (χ0v) is 7.84. The molecule has 0 saturated carbocycles. The molecule has 0 aliphatic rings. The number of aliphatic hydroxyl groups excluding tert-OH is 1. The quantitative estimate of drug-likeness (QED) is 0.742. The van der Waals surface area contributed by atoms with Gasteiger partial charge >= 0.3 is 0 Å². The maximum Gasteiger partial charge on any atom is 0.128 e. The minimum absolute atomic E-state index is 0.100. The van der Waals surface area contributed by atoms with E-state index in [1.165, 1.54) is 6.07 Å². The molecule has 2 nitrogen and oxygen atoms in total. The molecule has 0 bridgehead atoms. The van der Waals surface area contributed by atoms with E-state index >= 15 is 0 Å². The second-order valence-electron chi connectivity index (χ2n) is 3.05.